The molecule has 0 bridgehead atoms. The second-order valence-electron chi connectivity index (χ2n) is 4.39. The molecule has 0 amide bonds. The lowest BCUT2D eigenvalue weighted by atomic mass is 9.91. The maximum absolute atomic E-state index is 9.91. The van der Waals surface area contributed by atoms with Crippen LogP contribution in [-0.4, -0.2) is 47.3 Å². The molecule has 3 unspecified atom stereocenters. The molecular formula is C11H23NOS. The summed E-state index contributed by atoms with van der Waals surface area (Å²) in [6.07, 6.45) is 6.66. The molecule has 0 saturated heterocycles. The van der Waals surface area contributed by atoms with Crippen LogP contribution < -0.4 is 0 Å². The molecule has 0 heterocycles. The first kappa shape index (κ1) is 12.3. The number of thioether (sulfide) groups is 1. The van der Waals surface area contributed by atoms with Gasteiger partial charge in [0.05, 0.1) is 6.10 Å². The fourth-order valence-electron chi connectivity index (χ4n) is 2.25. The van der Waals surface area contributed by atoms with Gasteiger partial charge in [0.1, 0.15) is 0 Å². The molecule has 1 rings (SSSR count). The number of hydrogen-bond donors (Lipinski definition) is 1. The molecule has 1 N–H and O–H groups in total. The van der Waals surface area contributed by atoms with E-state index >= 15 is 0 Å². The van der Waals surface area contributed by atoms with E-state index in [1.165, 1.54) is 12.8 Å². The fourth-order valence-corrected chi connectivity index (χ4v) is 2.97. The fraction of sp³-hybridized carbons (Fsp3) is 1.00. The minimum absolute atomic E-state index is 0.0990. The molecule has 0 radical (unpaired) electrons. The van der Waals surface area contributed by atoms with E-state index < -0.39 is 0 Å². The van der Waals surface area contributed by atoms with E-state index in [1.54, 1.807) is 0 Å². The average molecular weight is 217 g/mol. The highest BCUT2D eigenvalue weighted by Gasteiger charge is 2.28. The van der Waals surface area contributed by atoms with Gasteiger partial charge in [-0.05, 0) is 33.1 Å². The molecule has 0 aliphatic heterocycles. The van der Waals surface area contributed by atoms with Gasteiger partial charge in [-0.1, -0.05) is 12.8 Å². The van der Waals surface area contributed by atoms with Crippen LogP contribution >= 0.6 is 11.8 Å². The van der Waals surface area contributed by atoms with Crippen LogP contribution in [0.1, 0.15) is 32.6 Å². The van der Waals surface area contributed by atoms with Crippen molar-refractivity contribution in [1.82, 2.24) is 4.90 Å². The summed E-state index contributed by atoms with van der Waals surface area (Å²) in [7, 11) is 2.15. The third-order valence-corrected chi connectivity index (χ3v) is 4.14. The van der Waals surface area contributed by atoms with Crippen LogP contribution in [0.15, 0.2) is 0 Å². The van der Waals surface area contributed by atoms with E-state index in [2.05, 4.69) is 25.1 Å². The highest BCUT2D eigenvalue weighted by atomic mass is 32.2. The minimum atomic E-state index is -0.0990. The number of hydrogen-bond acceptors (Lipinski definition) is 3. The normalized spacial score (nSPS) is 30.6. The van der Waals surface area contributed by atoms with Crippen LogP contribution in [-0.2, 0) is 0 Å². The standard InChI is InChI=1S/C11H23NOS/c1-9(8-14-3)12(2)10-6-4-5-7-11(10)13/h9-11,13H,4-8H2,1-3H3. The highest BCUT2D eigenvalue weighted by Crippen LogP contribution is 2.24. The van der Waals surface area contributed by atoms with Crippen LogP contribution in [0.4, 0.5) is 0 Å². The van der Waals surface area contributed by atoms with Gasteiger partial charge in [0, 0.05) is 17.8 Å². The largest absolute Gasteiger partial charge is 0.391 e. The summed E-state index contributed by atoms with van der Waals surface area (Å²) in [4.78, 5) is 2.36. The first-order valence-corrected chi connectivity index (χ1v) is 6.95. The van der Waals surface area contributed by atoms with Crippen LogP contribution in [0, 0.1) is 0 Å². The van der Waals surface area contributed by atoms with Crippen molar-refractivity contribution < 1.29 is 5.11 Å². The molecule has 2 nitrogen and oxygen atoms in total. The van der Waals surface area contributed by atoms with Crippen molar-refractivity contribution in [3.63, 3.8) is 0 Å². The predicted octanol–water partition coefficient (Wildman–Crippen LogP) is 1.97. The van der Waals surface area contributed by atoms with Crippen LogP contribution in [0.25, 0.3) is 0 Å². The summed E-state index contributed by atoms with van der Waals surface area (Å²) < 4.78 is 0. The smallest absolute Gasteiger partial charge is 0.0695 e. The Morgan fingerprint density at radius 3 is 2.64 bits per heavy atom. The molecule has 0 aromatic carbocycles. The van der Waals surface area contributed by atoms with E-state index in [1.807, 2.05) is 11.8 Å². The van der Waals surface area contributed by atoms with Crippen LogP contribution in [0.2, 0.25) is 0 Å². The van der Waals surface area contributed by atoms with Crippen molar-refractivity contribution in [2.75, 3.05) is 19.1 Å². The molecule has 0 aromatic heterocycles. The molecule has 84 valence electrons. The molecule has 14 heavy (non-hydrogen) atoms. The summed E-state index contributed by atoms with van der Waals surface area (Å²) in [5.74, 6) is 1.15. The van der Waals surface area contributed by atoms with Gasteiger partial charge in [-0.15, -0.1) is 0 Å². The topological polar surface area (TPSA) is 23.5 Å². The Hall–Kier alpha value is 0.270. The van der Waals surface area contributed by atoms with Gasteiger partial charge in [-0.2, -0.15) is 11.8 Å². The van der Waals surface area contributed by atoms with Crippen molar-refractivity contribution in [2.45, 2.75) is 50.8 Å². The van der Waals surface area contributed by atoms with E-state index in [9.17, 15) is 5.11 Å². The zero-order chi connectivity index (χ0) is 10.6. The zero-order valence-corrected chi connectivity index (χ0v) is 10.4. The maximum atomic E-state index is 9.91. The Kier molecular flexibility index (Phi) is 5.28. The second kappa shape index (κ2) is 5.99. The Labute approximate surface area is 92.1 Å². The summed E-state index contributed by atoms with van der Waals surface area (Å²) >= 11 is 1.88. The third kappa shape index (κ3) is 3.14. The lowest BCUT2D eigenvalue weighted by Crippen LogP contribution is -2.48. The summed E-state index contributed by atoms with van der Waals surface area (Å²) in [5, 5.41) is 9.91. The number of aliphatic hydroxyl groups excluding tert-OH is 1. The van der Waals surface area contributed by atoms with Gasteiger partial charge in [-0.3, -0.25) is 4.90 Å². The molecule has 0 aromatic rings. The first-order valence-electron chi connectivity index (χ1n) is 5.55. The molecule has 3 atom stereocenters. The molecule has 1 saturated carbocycles. The average Bonchev–Trinajstić information content (AvgIpc) is 2.18. The van der Waals surface area contributed by atoms with E-state index in [4.69, 9.17) is 0 Å². The van der Waals surface area contributed by atoms with Gasteiger partial charge in [-0.25, -0.2) is 0 Å². The van der Waals surface area contributed by atoms with Gasteiger partial charge >= 0.3 is 0 Å². The third-order valence-electron chi connectivity index (χ3n) is 3.32. The number of likely N-dealkylation sites (N-methyl/N-ethyl adjacent to an activating group) is 1. The van der Waals surface area contributed by atoms with E-state index in [0.29, 0.717) is 12.1 Å². The SMILES string of the molecule is CSCC(C)N(C)C1CCCCC1O. The quantitative estimate of drug-likeness (QED) is 0.779. The number of nitrogens with zero attached hydrogens (tertiary/aromatic N) is 1. The Morgan fingerprint density at radius 2 is 2.07 bits per heavy atom. The monoisotopic (exact) mass is 217 g/mol. The maximum Gasteiger partial charge on any atom is 0.0695 e. The van der Waals surface area contributed by atoms with Crippen molar-refractivity contribution >= 4 is 11.8 Å². The number of aliphatic hydroxyl groups is 1. The van der Waals surface area contributed by atoms with Crippen molar-refractivity contribution in [3.05, 3.63) is 0 Å². The molecule has 1 aliphatic rings. The van der Waals surface area contributed by atoms with Crippen molar-refractivity contribution in [2.24, 2.45) is 0 Å². The summed E-state index contributed by atoms with van der Waals surface area (Å²) in [6.45, 7) is 2.25. The summed E-state index contributed by atoms with van der Waals surface area (Å²) in [6, 6.07) is 0.966. The Bertz CT molecular complexity index is 165. The molecule has 1 aliphatic carbocycles. The minimum Gasteiger partial charge on any atom is -0.391 e. The molecule has 3 heteroatoms. The van der Waals surface area contributed by atoms with Crippen molar-refractivity contribution in [1.29, 1.82) is 0 Å². The molecule has 0 spiro atoms. The lowest BCUT2D eigenvalue weighted by Gasteiger charge is -2.38. The van der Waals surface area contributed by atoms with Gasteiger partial charge in [0.25, 0.3) is 0 Å². The van der Waals surface area contributed by atoms with Crippen LogP contribution in [0.5, 0.6) is 0 Å². The highest BCUT2D eigenvalue weighted by molar-refractivity contribution is 7.98. The summed E-state index contributed by atoms with van der Waals surface area (Å²) in [5.41, 5.74) is 0. The van der Waals surface area contributed by atoms with Gasteiger partial charge in [0.2, 0.25) is 0 Å². The van der Waals surface area contributed by atoms with Gasteiger partial charge < -0.3 is 5.11 Å². The number of rotatable bonds is 4. The zero-order valence-electron chi connectivity index (χ0n) is 9.57. The molecular weight excluding hydrogens is 194 g/mol. The van der Waals surface area contributed by atoms with Gasteiger partial charge in [0.15, 0.2) is 0 Å². The van der Waals surface area contributed by atoms with E-state index in [0.717, 1.165) is 18.6 Å². The Balaban J connectivity index is 2.44. The second-order valence-corrected chi connectivity index (χ2v) is 5.30. The Morgan fingerprint density at radius 1 is 1.43 bits per heavy atom. The van der Waals surface area contributed by atoms with Crippen LogP contribution in [0.3, 0.4) is 0 Å². The van der Waals surface area contributed by atoms with E-state index in [-0.39, 0.29) is 6.10 Å². The lowest BCUT2D eigenvalue weighted by molar-refractivity contribution is 0.0200. The molecule has 1 fully saturated rings. The first-order chi connectivity index (χ1) is 6.66. The van der Waals surface area contributed by atoms with Crippen molar-refractivity contribution in [3.8, 4) is 0 Å². The predicted molar refractivity (Wildman–Crippen MR) is 63.9 cm³/mol.